The fraction of sp³-hybridized carbons (Fsp3) is 0.522. The zero-order valence-electron chi connectivity index (χ0n) is 18.1. The van der Waals surface area contributed by atoms with E-state index in [1.54, 1.807) is 20.5 Å². The second kappa shape index (κ2) is 12.2. The van der Waals surface area contributed by atoms with Crippen LogP contribution in [0.25, 0.3) is 0 Å². The van der Waals surface area contributed by atoms with Gasteiger partial charge in [-0.2, -0.15) is 0 Å². The monoisotopic (exact) mass is 414 g/mol. The van der Waals surface area contributed by atoms with Crippen molar-refractivity contribution in [3.05, 3.63) is 54.0 Å². The zero-order chi connectivity index (χ0) is 21.0. The van der Waals surface area contributed by atoms with Gasteiger partial charge in [-0.15, -0.1) is 0 Å². The fourth-order valence-electron chi connectivity index (χ4n) is 3.79. The molecule has 1 aromatic heterocycles. The molecule has 0 radical (unpaired) electrons. The molecule has 0 amide bonds. The summed E-state index contributed by atoms with van der Waals surface area (Å²) in [6.07, 6.45) is 4.97. The third-order valence-electron chi connectivity index (χ3n) is 5.34. The highest BCUT2D eigenvalue weighted by atomic mass is 16.5. The maximum absolute atomic E-state index is 5.65. The summed E-state index contributed by atoms with van der Waals surface area (Å²) >= 11 is 0. The minimum atomic E-state index is 0.190. The molecular formula is C23H34N4O3. The van der Waals surface area contributed by atoms with E-state index in [2.05, 4.69) is 27.7 Å². The van der Waals surface area contributed by atoms with Gasteiger partial charge in [-0.3, -0.25) is 9.89 Å². The highest BCUT2D eigenvalue weighted by molar-refractivity contribution is 5.79. The molecule has 2 heterocycles. The van der Waals surface area contributed by atoms with Crippen LogP contribution in [0.4, 0.5) is 0 Å². The molecule has 0 aliphatic carbocycles. The van der Waals surface area contributed by atoms with Crippen LogP contribution < -0.4 is 15.4 Å². The lowest BCUT2D eigenvalue weighted by Gasteiger charge is -2.28. The number of methoxy groups -OCH3 is 2. The maximum atomic E-state index is 5.65. The molecule has 2 aromatic rings. The molecule has 164 valence electrons. The molecule has 1 fully saturated rings. The second-order valence-corrected chi connectivity index (χ2v) is 7.37. The first-order chi connectivity index (χ1) is 14.8. The summed E-state index contributed by atoms with van der Waals surface area (Å²) in [5.74, 6) is 2.67. The fourth-order valence-corrected chi connectivity index (χ4v) is 3.79. The van der Waals surface area contributed by atoms with Crippen molar-refractivity contribution in [3.63, 3.8) is 0 Å². The van der Waals surface area contributed by atoms with E-state index in [4.69, 9.17) is 18.9 Å². The van der Waals surface area contributed by atoms with Crippen LogP contribution in [0.2, 0.25) is 0 Å². The Labute approximate surface area is 179 Å². The van der Waals surface area contributed by atoms with Gasteiger partial charge in [0.25, 0.3) is 0 Å². The van der Waals surface area contributed by atoms with E-state index in [1.165, 1.54) is 18.4 Å². The lowest BCUT2D eigenvalue weighted by Crippen LogP contribution is -2.40. The summed E-state index contributed by atoms with van der Waals surface area (Å²) < 4.78 is 16.2. The Kier molecular flexibility index (Phi) is 9.05. The van der Waals surface area contributed by atoms with E-state index in [-0.39, 0.29) is 6.04 Å². The number of para-hydroxylation sites is 1. The van der Waals surface area contributed by atoms with Gasteiger partial charge < -0.3 is 24.5 Å². The number of hydrogen-bond acceptors (Lipinski definition) is 5. The molecule has 7 heteroatoms. The van der Waals surface area contributed by atoms with Crippen molar-refractivity contribution in [1.82, 2.24) is 15.5 Å². The van der Waals surface area contributed by atoms with Crippen LogP contribution in [-0.2, 0) is 11.2 Å². The van der Waals surface area contributed by atoms with Gasteiger partial charge in [0.2, 0.25) is 0 Å². The third-order valence-corrected chi connectivity index (χ3v) is 5.34. The van der Waals surface area contributed by atoms with Crippen LogP contribution in [0.15, 0.2) is 52.1 Å². The molecule has 30 heavy (non-hydrogen) atoms. The van der Waals surface area contributed by atoms with Crippen molar-refractivity contribution in [2.75, 3.05) is 53.6 Å². The van der Waals surface area contributed by atoms with E-state index in [0.717, 1.165) is 43.5 Å². The highest BCUT2D eigenvalue weighted by Crippen LogP contribution is 2.31. The van der Waals surface area contributed by atoms with Gasteiger partial charge in [0.1, 0.15) is 11.5 Å². The van der Waals surface area contributed by atoms with Crippen molar-refractivity contribution in [2.24, 2.45) is 4.99 Å². The van der Waals surface area contributed by atoms with Crippen LogP contribution in [0.3, 0.4) is 0 Å². The van der Waals surface area contributed by atoms with Gasteiger partial charge in [0, 0.05) is 32.2 Å². The zero-order valence-corrected chi connectivity index (χ0v) is 18.1. The third kappa shape index (κ3) is 6.50. The van der Waals surface area contributed by atoms with Gasteiger partial charge in [-0.05, 0) is 44.1 Å². The Morgan fingerprint density at radius 1 is 1.10 bits per heavy atom. The molecule has 7 nitrogen and oxygen atoms in total. The van der Waals surface area contributed by atoms with Crippen molar-refractivity contribution in [2.45, 2.75) is 25.3 Å². The van der Waals surface area contributed by atoms with Gasteiger partial charge in [0.15, 0.2) is 5.96 Å². The van der Waals surface area contributed by atoms with E-state index in [9.17, 15) is 0 Å². The summed E-state index contributed by atoms with van der Waals surface area (Å²) in [4.78, 5) is 7.43. The van der Waals surface area contributed by atoms with Crippen molar-refractivity contribution in [3.8, 4) is 5.75 Å². The molecule has 1 saturated heterocycles. The first-order valence-electron chi connectivity index (χ1n) is 10.7. The molecule has 1 aliphatic heterocycles. The Hall–Kier alpha value is -2.51. The summed E-state index contributed by atoms with van der Waals surface area (Å²) in [5.41, 5.74) is 1.19. The molecule has 0 spiro atoms. The number of ether oxygens (including phenoxy) is 2. The van der Waals surface area contributed by atoms with E-state index in [1.807, 2.05) is 24.3 Å². The molecule has 1 unspecified atom stereocenters. The van der Waals surface area contributed by atoms with Crippen LogP contribution in [-0.4, -0.2) is 64.4 Å². The highest BCUT2D eigenvalue weighted by Gasteiger charge is 2.25. The molecule has 1 atom stereocenters. The Morgan fingerprint density at radius 2 is 1.90 bits per heavy atom. The first-order valence-corrected chi connectivity index (χ1v) is 10.7. The van der Waals surface area contributed by atoms with E-state index >= 15 is 0 Å². The minimum absolute atomic E-state index is 0.190. The van der Waals surface area contributed by atoms with Gasteiger partial charge in [-0.1, -0.05) is 18.2 Å². The molecule has 2 N–H and O–H groups in total. The number of nitrogens with zero attached hydrogens (tertiary/aromatic N) is 2. The molecule has 1 aliphatic rings. The van der Waals surface area contributed by atoms with Crippen LogP contribution in [0.5, 0.6) is 5.75 Å². The minimum Gasteiger partial charge on any atom is -0.496 e. The Morgan fingerprint density at radius 3 is 2.63 bits per heavy atom. The molecule has 0 bridgehead atoms. The summed E-state index contributed by atoms with van der Waals surface area (Å²) in [6.45, 7) is 4.92. The maximum Gasteiger partial charge on any atom is 0.191 e. The van der Waals surface area contributed by atoms with E-state index in [0.29, 0.717) is 19.7 Å². The number of guanidine groups is 1. The predicted molar refractivity (Wildman–Crippen MR) is 119 cm³/mol. The van der Waals surface area contributed by atoms with E-state index < -0.39 is 0 Å². The van der Waals surface area contributed by atoms with Crippen molar-refractivity contribution in [1.29, 1.82) is 0 Å². The van der Waals surface area contributed by atoms with Crippen molar-refractivity contribution >= 4 is 5.96 Å². The number of likely N-dealkylation sites (tertiary alicyclic amines) is 1. The van der Waals surface area contributed by atoms with Gasteiger partial charge in [-0.25, -0.2) is 0 Å². The molecule has 1 aromatic carbocycles. The summed E-state index contributed by atoms with van der Waals surface area (Å²) in [6, 6.07) is 12.4. The normalized spacial score (nSPS) is 15.9. The first kappa shape index (κ1) is 22.2. The van der Waals surface area contributed by atoms with Crippen LogP contribution in [0.1, 0.15) is 30.2 Å². The second-order valence-electron chi connectivity index (χ2n) is 7.37. The lowest BCUT2D eigenvalue weighted by atomic mass is 10.0. The van der Waals surface area contributed by atoms with Crippen molar-refractivity contribution < 1.29 is 13.9 Å². The summed E-state index contributed by atoms with van der Waals surface area (Å²) in [5, 5.41) is 6.78. The SMILES string of the molecule is COCCNC(=NCC(c1ccccc1OC)N1CCCC1)NCCc1ccco1. The van der Waals surface area contributed by atoms with Crippen LogP contribution in [0, 0.1) is 0 Å². The lowest BCUT2D eigenvalue weighted by molar-refractivity contribution is 0.203. The number of nitrogens with one attached hydrogen (secondary N) is 2. The number of aliphatic imine (C=N–C) groups is 1. The smallest absolute Gasteiger partial charge is 0.191 e. The Bertz CT molecular complexity index is 758. The quantitative estimate of drug-likeness (QED) is 0.335. The number of hydrogen-bond donors (Lipinski definition) is 2. The van der Waals surface area contributed by atoms with Gasteiger partial charge >= 0.3 is 0 Å². The Balaban J connectivity index is 1.70. The number of benzene rings is 1. The largest absolute Gasteiger partial charge is 0.496 e. The molecule has 0 saturated carbocycles. The molecular weight excluding hydrogens is 380 g/mol. The standard InChI is InChI=1S/C23H34N4O3/c1-28-17-13-25-23(24-12-11-19-8-7-16-30-19)26-18-21(27-14-5-6-15-27)20-9-3-4-10-22(20)29-2/h3-4,7-10,16,21H,5-6,11-15,17-18H2,1-2H3,(H2,24,25,26). The number of rotatable bonds is 11. The van der Waals surface area contributed by atoms with Gasteiger partial charge in [0.05, 0.1) is 32.6 Å². The average molecular weight is 415 g/mol. The average Bonchev–Trinajstić information content (AvgIpc) is 3.48. The summed E-state index contributed by atoms with van der Waals surface area (Å²) in [7, 11) is 3.44. The number of furan rings is 1. The van der Waals surface area contributed by atoms with Crippen LogP contribution >= 0.6 is 0 Å². The topological polar surface area (TPSA) is 71.3 Å². The molecule has 3 rings (SSSR count). The predicted octanol–water partition coefficient (Wildman–Crippen LogP) is 2.85.